The number of rotatable bonds is 2. The molecule has 122 valence electrons. The molecule has 24 heavy (non-hydrogen) atoms. The van der Waals surface area contributed by atoms with Gasteiger partial charge in [0.15, 0.2) is 0 Å². The highest BCUT2D eigenvalue weighted by atomic mass is 16.5. The predicted molar refractivity (Wildman–Crippen MR) is 94.6 cm³/mol. The lowest BCUT2D eigenvalue weighted by Gasteiger charge is -2.46. The molecule has 2 aliphatic rings. The highest BCUT2D eigenvalue weighted by Crippen LogP contribution is 2.41. The Labute approximate surface area is 141 Å². The highest BCUT2D eigenvalue weighted by molar-refractivity contribution is 5.86. The maximum atomic E-state index is 13.2. The van der Waals surface area contributed by atoms with Crippen LogP contribution in [0.1, 0.15) is 36.8 Å². The minimum atomic E-state index is -0.251. The van der Waals surface area contributed by atoms with E-state index in [0.29, 0.717) is 11.4 Å². The van der Waals surface area contributed by atoms with Gasteiger partial charge < -0.3 is 10.3 Å². The lowest BCUT2D eigenvalue weighted by molar-refractivity contribution is -0.514. The molecule has 0 bridgehead atoms. The normalized spacial score (nSPS) is 24.0. The summed E-state index contributed by atoms with van der Waals surface area (Å²) >= 11 is 0. The van der Waals surface area contributed by atoms with Crippen LogP contribution in [0.5, 0.6) is 0 Å². The Bertz CT molecular complexity index is 771. The quantitative estimate of drug-likeness (QED) is 0.770. The van der Waals surface area contributed by atoms with Crippen LogP contribution in [0.15, 0.2) is 60.7 Å². The molecule has 0 spiro atoms. The zero-order valence-corrected chi connectivity index (χ0v) is 13.5. The van der Waals surface area contributed by atoms with E-state index >= 15 is 0 Å². The summed E-state index contributed by atoms with van der Waals surface area (Å²) in [5, 5.41) is 14.3. The van der Waals surface area contributed by atoms with E-state index in [9.17, 15) is 10.1 Å². The monoisotopic (exact) mass is 320 g/mol. The molecule has 1 saturated carbocycles. The van der Waals surface area contributed by atoms with E-state index in [1.807, 2.05) is 60.7 Å². The summed E-state index contributed by atoms with van der Waals surface area (Å²) in [5.41, 5.74) is 2.60. The third-order valence-corrected chi connectivity index (χ3v) is 5.06. The summed E-state index contributed by atoms with van der Waals surface area (Å²) in [5.74, 6) is 0. The molecule has 1 heterocycles. The van der Waals surface area contributed by atoms with E-state index in [2.05, 4.69) is 0 Å². The van der Waals surface area contributed by atoms with Crippen molar-refractivity contribution in [3.63, 3.8) is 0 Å². The van der Waals surface area contributed by atoms with Gasteiger partial charge in [-0.25, -0.2) is 0 Å². The van der Waals surface area contributed by atoms with Crippen LogP contribution in [0.2, 0.25) is 0 Å². The van der Waals surface area contributed by atoms with Crippen molar-refractivity contribution in [2.45, 2.75) is 37.8 Å². The molecule has 4 nitrogen and oxygen atoms in total. The van der Waals surface area contributed by atoms with Gasteiger partial charge in [0, 0.05) is 21.7 Å². The fourth-order valence-electron chi connectivity index (χ4n) is 3.90. The van der Waals surface area contributed by atoms with E-state index in [-0.39, 0.29) is 12.1 Å². The van der Waals surface area contributed by atoms with E-state index < -0.39 is 0 Å². The molecule has 0 saturated heterocycles. The standard InChI is InChI=1S/C20H20N2O2/c23-21-17-13-7-8-14-18(17)22(24)20(16-11-5-2-6-12-16)19(21)15-9-3-1-4-10-15/h1-6,9-12,17-18H,7-8,13-14H2/t17-,18-/m0/s1. The highest BCUT2D eigenvalue weighted by Gasteiger charge is 2.47. The number of hydrogen-bond donors (Lipinski definition) is 0. The zero-order valence-electron chi connectivity index (χ0n) is 13.5. The Kier molecular flexibility index (Phi) is 3.90. The Morgan fingerprint density at radius 3 is 2.12 bits per heavy atom. The smallest absolute Gasteiger partial charge is 0.286 e. The average Bonchev–Trinajstić information content (AvgIpc) is 2.66. The first-order chi connectivity index (χ1) is 11.8. The summed E-state index contributed by atoms with van der Waals surface area (Å²) in [4.78, 5) is 13.2. The third-order valence-electron chi connectivity index (χ3n) is 5.06. The summed E-state index contributed by atoms with van der Waals surface area (Å²) in [7, 11) is 0. The second kappa shape index (κ2) is 6.21. The van der Waals surface area contributed by atoms with E-state index in [0.717, 1.165) is 46.6 Å². The summed E-state index contributed by atoms with van der Waals surface area (Å²) in [6.45, 7) is 0. The van der Waals surface area contributed by atoms with Gasteiger partial charge in [-0.1, -0.05) is 55.0 Å². The molecule has 0 unspecified atom stereocenters. The molecule has 0 N–H and O–H groups in total. The van der Waals surface area contributed by atoms with Crippen LogP contribution in [-0.2, 0) is 0 Å². The largest absolute Gasteiger partial charge is 0.758 e. The molecular formula is C20H20N2O2. The number of hydroxylamine groups is 2. The minimum absolute atomic E-state index is 0.251. The molecular weight excluding hydrogens is 300 g/mol. The molecule has 1 aliphatic heterocycles. The molecule has 4 rings (SSSR count). The van der Waals surface area contributed by atoms with Gasteiger partial charge in [-0.05, 0) is 25.0 Å². The lowest BCUT2D eigenvalue weighted by Crippen LogP contribution is -2.50. The fraction of sp³-hybridized carbons (Fsp3) is 0.300. The van der Waals surface area contributed by atoms with Crippen LogP contribution in [0.25, 0.3) is 11.4 Å². The Balaban J connectivity index is 1.94. The van der Waals surface area contributed by atoms with Crippen molar-refractivity contribution in [2.75, 3.05) is 0 Å². The Hall–Kier alpha value is -2.46. The number of nitroso groups, excluding NO2 is 1. The van der Waals surface area contributed by atoms with Gasteiger partial charge in [0.05, 0.1) is 11.6 Å². The molecule has 0 amide bonds. The van der Waals surface area contributed by atoms with Gasteiger partial charge >= 0.3 is 0 Å². The maximum Gasteiger partial charge on any atom is 0.286 e. The molecule has 2 atom stereocenters. The van der Waals surface area contributed by atoms with Crippen LogP contribution in [0, 0.1) is 10.1 Å². The van der Waals surface area contributed by atoms with E-state index in [4.69, 9.17) is 0 Å². The molecule has 0 radical (unpaired) electrons. The summed E-state index contributed by atoms with van der Waals surface area (Å²) < 4.78 is 1.11. The van der Waals surface area contributed by atoms with Gasteiger partial charge in [0.1, 0.15) is 5.70 Å². The number of benzene rings is 2. The molecule has 2 aromatic carbocycles. The van der Waals surface area contributed by atoms with Crippen molar-refractivity contribution >= 4 is 11.4 Å². The van der Waals surface area contributed by atoms with Crippen molar-refractivity contribution in [2.24, 2.45) is 0 Å². The van der Waals surface area contributed by atoms with Gasteiger partial charge in [-0.15, -0.1) is 0 Å². The number of nitrogens with zero attached hydrogens (tertiary/aromatic N) is 2. The topological polar surface area (TPSA) is 46.4 Å². The van der Waals surface area contributed by atoms with Crippen molar-refractivity contribution < 1.29 is 4.76 Å². The second-order valence-electron chi connectivity index (χ2n) is 6.50. The van der Waals surface area contributed by atoms with Gasteiger partial charge in [-0.2, -0.15) is 0 Å². The second-order valence-corrected chi connectivity index (χ2v) is 6.50. The van der Waals surface area contributed by atoms with Crippen molar-refractivity contribution in [3.8, 4) is 0 Å². The van der Waals surface area contributed by atoms with Gasteiger partial charge in [0.2, 0.25) is 6.04 Å². The van der Waals surface area contributed by atoms with Crippen molar-refractivity contribution in [1.82, 2.24) is 5.06 Å². The van der Waals surface area contributed by atoms with E-state index in [1.54, 1.807) is 0 Å². The van der Waals surface area contributed by atoms with Gasteiger partial charge in [0.25, 0.3) is 5.70 Å². The van der Waals surface area contributed by atoms with Crippen molar-refractivity contribution in [3.05, 3.63) is 81.9 Å². The predicted octanol–water partition coefficient (Wildman–Crippen LogP) is 4.42. The van der Waals surface area contributed by atoms with Gasteiger partial charge in [-0.3, -0.25) is 0 Å². The number of fused-ring (bicyclic) bond motifs is 1. The van der Waals surface area contributed by atoms with Crippen LogP contribution in [-0.4, -0.2) is 21.9 Å². The first kappa shape index (κ1) is 15.1. The Morgan fingerprint density at radius 1 is 0.875 bits per heavy atom. The molecule has 4 heteroatoms. The van der Waals surface area contributed by atoms with E-state index in [1.165, 1.54) is 0 Å². The third kappa shape index (κ3) is 2.43. The molecule has 1 fully saturated rings. The van der Waals surface area contributed by atoms with Crippen LogP contribution < -0.4 is 0 Å². The zero-order chi connectivity index (χ0) is 16.5. The fourth-order valence-corrected chi connectivity index (χ4v) is 3.90. The maximum absolute atomic E-state index is 13.2. The van der Waals surface area contributed by atoms with Crippen LogP contribution >= 0.6 is 0 Å². The molecule has 0 aromatic heterocycles. The van der Waals surface area contributed by atoms with Crippen LogP contribution in [0.3, 0.4) is 0 Å². The van der Waals surface area contributed by atoms with Crippen molar-refractivity contribution in [1.29, 1.82) is 0 Å². The first-order valence-electron chi connectivity index (χ1n) is 8.55. The number of hydrogen-bond acceptors (Lipinski definition) is 3. The average molecular weight is 320 g/mol. The first-order valence-corrected chi connectivity index (χ1v) is 8.55. The lowest BCUT2D eigenvalue weighted by atomic mass is 9.86. The molecule has 1 aliphatic carbocycles. The summed E-state index contributed by atoms with van der Waals surface area (Å²) in [6.07, 6.45) is 3.59. The SMILES string of the molecule is O=[N+]1C(c2ccccc2)=C(c2ccccc2)N([O-])[C@H]2CCCC[C@@H]21. The summed E-state index contributed by atoms with van der Waals surface area (Å²) in [6, 6.07) is 18.6. The molecule has 2 aromatic rings. The Morgan fingerprint density at radius 2 is 1.46 bits per heavy atom. The van der Waals surface area contributed by atoms with Crippen LogP contribution in [0.4, 0.5) is 0 Å². The minimum Gasteiger partial charge on any atom is -0.758 e.